The molecule has 0 spiro atoms. The van der Waals surface area contributed by atoms with Crippen molar-refractivity contribution in [2.75, 3.05) is 6.61 Å². The third kappa shape index (κ3) is 4.94. The zero-order chi connectivity index (χ0) is 14.9. The molecular formula is C18H24O2S. The van der Waals surface area contributed by atoms with Gasteiger partial charge in [-0.25, -0.2) is 4.21 Å². The van der Waals surface area contributed by atoms with Gasteiger partial charge in [-0.1, -0.05) is 75.4 Å². The van der Waals surface area contributed by atoms with Crippen LogP contribution in [0.1, 0.15) is 45.4 Å². The predicted molar refractivity (Wildman–Crippen MR) is 89.7 cm³/mol. The average molecular weight is 304 g/mol. The first-order chi connectivity index (χ1) is 10.3. The minimum Gasteiger partial charge on any atom is -0.287 e. The van der Waals surface area contributed by atoms with Crippen molar-refractivity contribution in [2.45, 2.75) is 50.3 Å². The predicted octanol–water partition coefficient (Wildman–Crippen LogP) is 5.24. The van der Waals surface area contributed by atoms with Gasteiger partial charge >= 0.3 is 0 Å². The molecule has 0 saturated carbocycles. The fraction of sp³-hybridized carbons (Fsp3) is 0.444. The van der Waals surface area contributed by atoms with Gasteiger partial charge in [0, 0.05) is 5.39 Å². The second-order valence-corrected chi connectivity index (χ2v) is 6.45. The van der Waals surface area contributed by atoms with Gasteiger partial charge in [0.1, 0.15) is 0 Å². The number of benzene rings is 2. The Labute approximate surface area is 130 Å². The molecule has 0 aliphatic heterocycles. The third-order valence-corrected chi connectivity index (χ3v) is 4.71. The Kier molecular flexibility index (Phi) is 6.90. The molecule has 0 heterocycles. The molecule has 2 rings (SSSR count). The summed E-state index contributed by atoms with van der Waals surface area (Å²) in [6.07, 6.45) is 7.26. The average Bonchev–Trinajstić information content (AvgIpc) is 2.53. The molecule has 0 bridgehead atoms. The summed E-state index contributed by atoms with van der Waals surface area (Å²) in [6, 6.07) is 13.8. The van der Waals surface area contributed by atoms with Gasteiger partial charge in [0.25, 0.3) is 0 Å². The molecule has 2 aromatic carbocycles. The Bertz CT molecular complexity index is 575. The fourth-order valence-corrected chi connectivity index (χ4v) is 3.37. The molecule has 0 aliphatic carbocycles. The van der Waals surface area contributed by atoms with E-state index in [1.807, 2.05) is 42.5 Å². The van der Waals surface area contributed by atoms with Gasteiger partial charge in [-0.05, 0) is 17.9 Å². The summed E-state index contributed by atoms with van der Waals surface area (Å²) >= 11 is -1.37. The molecular weight excluding hydrogens is 280 g/mol. The van der Waals surface area contributed by atoms with Crippen LogP contribution in [-0.4, -0.2) is 10.8 Å². The lowest BCUT2D eigenvalue weighted by Crippen LogP contribution is -2.00. The van der Waals surface area contributed by atoms with Crippen LogP contribution in [0.4, 0.5) is 0 Å². The number of fused-ring (bicyclic) bond motifs is 1. The van der Waals surface area contributed by atoms with Crippen LogP contribution in [0.2, 0.25) is 0 Å². The number of hydrogen-bond acceptors (Lipinski definition) is 2. The van der Waals surface area contributed by atoms with E-state index in [0.717, 1.165) is 28.5 Å². The first kappa shape index (κ1) is 16.2. The third-order valence-electron chi connectivity index (χ3n) is 3.62. The highest BCUT2D eigenvalue weighted by molar-refractivity contribution is 7.80. The topological polar surface area (TPSA) is 26.3 Å². The van der Waals surface area contributed by atoms with Crippen molar-refractivity contribution in [2.24, 2.45) is 0 Å². The summed E-state index contributed by atoms with van der Waals surface area (Å²) in [4.78, 5) is 0.777. The Morgan fingerprint density at radius 3 is 2.48 bits per heavy atom. The molecule has 0 radical (unpaired) electrons. The van der Waals surface area contributed by atoms with Gasteiger partial charge in [-0.15, -0.1) is 0 Å². The summed E-state index contributed by atoms with van der Waals surface area (Å²) in [5, 5.41) is 2.12. The van der Waals surface area contributed by atoms with E-state index in [0.29, 0.717) is 6.61 Å². The van der Waals surface area contributed by atoms with Crippen molar-refractivity contribution in [3.63, 3.8) is 0 Å². The summed E-state index contributed by atoms with van der Waals surface area (Å²) in [7, 11) is 0. The van der Waals surface area contributed by atoms with E-state index in [1.165, 1.54) is 25.7 Å². The van der Waals surface area contributed by atoms with Crippen LogP contribution in [0.3, 0.4) is 0 Å². The number of unbranched alkanes of at least 4 members (excludes halogenated alkanes) is 5. The molecule has 114 valence electrons. The SMILES string of the molecule is CCCCCCCCOS(=O)c1cccc2ccccc12. The Balaban J connectivity index is 1.83. The lowest BCUT2D eigenvalue weighted by atomic mass is 10.1. The molecule has 21 heavy (non-hydrogen) atoms. The van der Waals surface area contributed by atoms with Crippen molar-refractivity contribution < 1.29 is 8.39 Å². The highest BCUT2D eigenvalue weighted by atomic mass is 32.2. The molecule has 0 saturated heterocycles. The second-order valence-electron chi connectivity index (χ2n) is 5.30. The zero-order valence-corrected chi connectivity index (χ0v) is 13.5. The van der Waals surface area contributed by atoms with E-state index in [4.69, 9.17) is 4.18 Å². The van der Waals surface area contributed by atoms with Gasteiger partial charge in [0.05, 0.1) is 11.5 Å². The maximum Gasteiger partial charge on any atom is 0.189 e. The van der Waals surface area contributed by atoms with Crippen molar-refractivity contribution in [3.05, 3.63) is 42.5 Å². The van der Waals surface area contributed by atoms with E-state index in [9.17, 15) is 4.21 Å². The quantitative estimate of drug-likeness (QED) is 0.592. The Morgan fingerprint density at radius 2 is 1.62 bits per heavy atom. The Morgan fingerprint density at radius 1 is 0.905 bits per heavy atom. The maximum atomic E-state index is 12.3. The molecule has 0 fully saturated rings. The first-order valence-corrected chi connectivity index (χ1v) is 8.93. The van der Waals surface area contributed by atoms with E-state index in [2.05, 4.69) is 6.92 Å². The highest BCUT2D eigenvalue weighted by Gasteiger charge is 2.08. The summed E-state index contributed by atoms with van der Waals surface area (Å²) in [5.41, 5.74) is 0. The van der Waals surface area contributed by atoms with E-state index in [-0.39, 0.29) is 0 Å². The molecule has 0 aromatic heterocycles. The molecule has 0 aliphatic rings. The monoisotopic (exact) mass is 304 g/mol. The standard InChI is InChI=1S/C18H24O2S/c1-2-3-4-5-6-9-15-20-21(19)18-14-10-12-16-11-7-8-13-17(16)18/h7-8,10-14H,2-6,9,15H2,1H3. The minimum atomic E-state index is -1.37. The zero-order valence-electron chi connectivity index (χ0n) is 12.7. The van der Waals surface area contributed by atoms with Crippen molar-refractivity contribution in [3.8, 4) is 0 Å². The lowest BCUT2D eigenvalue weighted by Gasteiger charge is -2.07. The van der Waals surface area contributed by atoms with E-state index < -0.39 is 11.1 Å². The van der Waals surface area contributed by atoms with Gasteiger partial charge < -0.3 is 0 Å². The fourth-order valence-electron chi connectivity index (χ4n) is 2.42. The van der Waals surface area contributed by atoms with Crippen LogP contribution in [0.5, 0.6) is 0 Å². The molecule has 1 unspecified atom stereocenters. The smallest absolute Gasteiger partial charge is 0.189 e. The molecule has 0 N–H and O–H groups in total. The molecule has 2 aromatic rings. The van der Waals surface area contributed by atoms with Crippen molar-refractivity contribution in [1.82, 2.24) is 0 Å². The van der Waals surface area contributed by atoms with Gasteiger partial charge in [-0.2, -0.15) is 0 Å². The number of rotatable bonds is 9. The van der Waals surface area contributed by atoms with Gasteiger partial charge in [0.2, 0.25) is 0 Å². The first-order valence-electron chi connectivity index (χ1n) is 7.85. The van der Waals surface area contributed by atoms with E-state index in [1.54, 1.807) is 0 Å². The summed E-state index contributed by atoms with van der Waals surface area (Å²) < 4.78 is 17.8. The molecule has 1 atom stereocenters. The van der Waals surface area contributed by atoms with Crippen LogP contribution < -0.4 is 0 Å². The highest BCUT2D eigenvalue weighted by Crippen LogP contribution is 2.22. The molecule has 2 nitrogen and oxygen atoms in total. The lowest BCUT2D eigenvalue weighted by molar-refractivity contribution is 0.332. The van der Waals surface area contributed by atoms with Crippen molar-refractivity contribution in [1.29, 1.82) is 0 Å². The van der Waals surface area contributed by atoms with Crippen LogP contribution in [0, 0.1) is 0 Å². The van der Waals surface area contributed by atoms with E-state index >= 15 is 0 Å². The van der Waals surface area contributed by atoms with Crippen LogP contribution in [-0.2, 0) is 15.3 Å². The normalized spacial score (nSPS) is 12.6. The van der Waals surface area contributed by atoms with Crippen LogP contribution in [0.15, 0.2) is 47.4 Å². The van der Waals surface area contributed by atoms with Crippen LogP contribution in [0.25, 0.3) is 10.8 Å². The number of hydrogen-bond donors (Lipinski definition) is 0. The minimum absolute atomic E-state index is 0.571. The van der Waals surface area contributed by atoms with Crippen LogP contribution >= 0.6 is 0 Å². The Hall–Kier alpha value is -1.19. The maximum absolute atomic E-state index is 12.3. The largest absolute Gasteiger partial charge is 0.287 e. The summed E-state index contributed by atoms with van der Waals surface area (Å²) in [5.74, 6) is 0. The summed E-state index contributed by atoms with van der Waals surface area (Å²) in [6.45, 7) is 2.79. The molecule has 0 amide bonds. The second kappa shape index (κ2) is 8.96. The molecule has 3 heteroatoms. The van der Waals surface area contributed by atoms with Gasteiger partial charge in [-0.3, -0.25) is 4.18 Å². The van der Waals surface area contributed by atoms with Crippen molar-refractivity contribution >= 4 is 21.9 Å². The van der Waals surface area contributed by atoms with Gasteiger partial charge in [0.15, 0.2) is 11.1 Å².